The Morgan fingerprint density at radius 2 is 1.78 bits per heavy atom. The van der Waals surface area contributed by atoms with Gasteiger partial charge in [0, 0.05) is 16.1 Å². The van der Waals surface area contributed by atoms with Crippen molar-refractivity contribution in [1.82, 2.24) is 0 Å². The van der Waals surface area contributed by atoms with Crippen molar-refractivity contribution in [1.29, 1.82) is 5.26 Å². The summed E-state index contributed by atoms with van der Waals surface area (Å²) >= 11 is 6.23. The lowest BCUT2D eigenvalue weighted by molar-refractivity contribution is 0.414. The Morgan fingerprint density at radius 1 is 1.04 bits per heavy atom. The Morgan fingerprint density at radius 3 is 2.52 bits per heavy atom. The van der Waals surface area contributed by atoms with E-state index in [1.165, 1.54) is 0 Å². The van der Waals surface area contributed by atoms with Gasteiger partial charge in [0.2, 0.25) is 0 Å². The lowest BCUT2D eigenvalue weighted by atomic mass is 9.98. The lowest BCUT2D eigenvalue weighted by Crippen LogP contribution is -1.90. The van der Waals surface area contributed by atoms with E-state index >= 15 is 0 Å². The highest BCUT2D eigenvalue weighted by Crippen LogP contribution is 2.33. The van der Waals surface area contributed by atoms with E-state index in [1.54, 1.807) is 13.2 Å². The molecule has 0 N–H and O–H groups in total. The first-order valence-corrected chi connectivity index (χ1v) is 7.55. The molecule has 0 unspecified atom stereocenters. The highest BCUT2D eigenvalue weighted by molar-refractivity contribution is 6.32. The van der Waals surface area contributed by atoms with Crippen LogP contribution in [0.15, 0.2) is 60.7 Å². The molecule has 0 aromatic heterocycles. The number of hydrogen-bond donors (Lipinski definition) is 0. The summed E-state index contributed by atoms with van der Waals surface area (Å²) in [5.74, 6) is 0.725. The van der Waals surface area contributed by atoms with Crippen LogP contribution in [0.4, 0.5) is 0 Å². The molecular formula is C20H14ClNO. The Balaban J connectivity index is 2.27. The smallest absolute Gasteiger partial charge is 0.126 e. The van der Waals surface area contributed by atoms with Gasteiger partial charge in [-0.25, -0.2) is 0 Å². The molecular weight excluding hydrogens is 306 g/mol. The number of nitrogens with zero attached hydrogens (tertiary/aromatic N) is 1. The van der Waals surface area contributed by atoms with Crippen molar-refractivity contribution in [3.05, 3.63) is 76.8 Å². The third-order valence-corrected chi connectivity index (χ3v) is 4.05. The number of hydrogen-bond acceptors (Lipinski definition) is 2. The SMILES string of the molecule is COc1ccc2ccccc2c1C=C(C#N)c1ccccc1Cl. The van der Waals surface area contributed by atoms with E-state index in [2.05, 4.69) is 6.07 Å². The standard InChI is InChI=1S/C20H14ClNO/c1-23-20-11-10-14-6-2-3-7-16(14)18(20)12-15(13-22)17-8-4-5-9-19(17)21/h2-12H,1H3. The first kappa shape index (κ1) is 15.1. The fourth-order valence-electron chi connectivity index (χ4n) is 2.60. The van der Waals surface area contributed by atoms with Crippen LogP contribution in [0.3, 0.4) is 0 Å². The predicted octanol–water partition coefficient (Wildman–Crippen LogP) is 5.57. The molecule has 0 fully saturated rings. The van der Waals surface area contributed by atoms with Crippen LogP contribution in [0.25, 0.3) is 22.4 Å². The number of nitriles is 1. The Kier molecular flexibility index (Phi) is 4.32. The molecule has 0 radical (unpaired) electrons. The monoisotopic (exact) mass is 319 g/mol. The minimum Gasteiger partial charge on any atom is -0.496 e. The summed E-state index contributed by atoms with van der Waals surface area (Å²) in [6.45, 7) is 0. The van der Waals surface area contributed by atoms with Gasteiger partial charge in [-0.1, -0.05) is 60.1 Å². The number of fused-ring (bicyclic) bond motifs is 1. The Labute approximate surface area is 140 Å². The van der Waals surface area contributed by atoms with Gasteiger partial charge in [-0.05, 0) is 29.0 Å². The molecule has 2 nitrogen and oxygen atoms in total. The summed E-state index contributed by atoms with van der Waals surface area (Å²) in [7, 11) is 1.63. The van der Waals surface area contributed by atoms with E-state index in [0.29, 0.717) is 16.2 Å². The van der Waals surface area contributed by atoms with Crippen LogP contribution in [0.2, 0.25) is 5.02 Å². The maximum Gasteiger partial charge on any atom is 0.126 e. The van der Waals surface area contributed by atoms with Crippen LogP contribution >= 0.6 is 11.6 Å². The fraction of sp³-hybridized carbons (Fsp3) is 0.0500. The Bertz CT molecular complexity index is 938. The summed E-state index contributed by atoms with van der Waals surface area (Å²) in [5.41, 5.74) is 2.10. The van der Waals surface area contributed by atoms with Crippen LogP contribution in [0.1, 0.15) is 11.1 Å². The third-order valence-electron chi connectivity index (χ3n) is 3.72. The van der Waals surface area contributed by atoms with Crippen molar-refractivity contribution in [2.24, 2.45) is 0 Å². The van der Waals surface area contributed by atoms with Crippen LogP contribution in [-0.2, 0) is 0 Å². The molecule has 0 spiro atoms. The zero-order chi connectivity index (χ0) is 16.2. The average Bonchev–Trinajstić information content (AvgIpc) is 2.60. The van der Waals surface area contributed by atoms with Gasteiger partial charge in [0.25, 0.3) is 0 Å². The van der Waals surface area contributed by atoms with Crippen LogP contribution in [0.5, 0.6) is 5.75 Å². The molecule has 0 aliphatic rings. The molecule has 0 saturated heterocycles. The number of halogens is 1. The largest absolute Gasteiger partial charge is 0.496 e. The third kappa shape index (κ3) is 2.92. The number of allylic oxidation sites excluding steroid dienone is 1. The van der Waals surface area contributed by atoms with E-state index in [4.69, 9.17) is 16.3 Å². The van der Waals surface area contributed by atoms with Crippen molar-refractivity contribution in [2.75, 3.05) is 7.11 Å². The average molecular weight is 320 g/mol. The summed E-state index contributed by atoms with van der Waals surface area (Å²) in [4.78, 5) is 0. The summed E-state index contributed by atoms with van der Waals surface area (Å²) < 4.78 is 5.48. The van der Waals surface area contributed by atoms with E-state index in [0.717, 1.165) is 22.1 Å². The number of methoxy groups -OCH3 is 1. The molecule has 112 valence electrons. The van der Waals surface area contributed by atoms with Gasteiger partial charge in [-0.15, -0.1) is 0 Å². The zero-order valence-electron chi connectivity index (χ0n) is 12.6. The first-order valence-electron chi connectivity index (χ1n) is 7.17. The minimum atomic E-state index is 0.505. The Hall–Kier alpha value is -2.76. The molecule has 0 aliphatic carbocycles. The molecule has 0 saturated carbocycles. The number of benzene rings is 3. The van der Waals surface area contributed by atoms with Crippen molar-refractivity contribution in [2.45, 2.75) is 0 Å². The molecule has 3 aromatic carbocycles. The second kappa shape index (κ2) is 6.56. The van der Waals surface area contributed by atoms with Crippen molar-refractivity contribution in [3.63, 3.8) is 0 Å². The normalized spacial score (nSPS) is 11.3. The van der Waals surface area contributed by atoms with Crippen LogP contribution < -0.4 is 4.74 Å². The van der Waals surface area contributed by atoms with Gasteiger partial charge in [0.1, 0.15) is 5.75 Å². The number of ether oxygens (including phenoxy) is 1. The maximum atomic E-state index is 9.58. The minimum absolute atomic E-state index is 0.505. The van der Waals surface area contributed by atoms with E-state index < -0.39 is 0 Å². The molecule has 0 bridgehead atoms. The van der Waals surface area contributed by atoms with Crippen LogP contribution in [0, 0.1) is 11.3 Å². The summed E-state index contributed by atoms with van der Waals surface area (Å²) in [5, 5.41) is 12.3. The summed E-state index contributed by atoms with van der Waals surface area (Å²) in [6, 6.07) is 21.5. The van der Waals surface area contributed by atoms with Gasteiger partial charge in [0.05, 0.1) is 18.8 Å². The quantitative estimate of drug-likeness (QED) is 0.467. The maximum absolute atomic E-state index is 9.58. The van der Waals surface area contributed by atoms with Gasteiger partial charge >= 0.3 is 0 Å². The molecule has 0 heterocycles. The molecule has 3 rings (SSSR count). The highest BCUT2D eigenvalue weighted by atomic mass is 35.5. The number of rotatable bonds is 3. The first-order chi connectivity index (χ1) is 11.2. The van der Waals surface area contributed by atoms with Crippen molar-refractivity contribution >= 4 is 34.0 Å². The second-order valence-electron chi connectivity index (χ2n) is 5.05. The topological polar surface area (TPSA) is 33.0 Å². The van der Waals surface area contributed by atoms with E-state index in [-0.39, 0.29) is 0 Å². The van der Waals surface area contributed by atoms with Crippen molar-refractivity contribution in [3.8, 4) is 11.8 Å². The van der Waals surface area contributed by atoms with Gasteiger partial charge in [0.15, 0.2) is 0 Å². The molecule has 0 atom stereocenters. The van der Waals surface area contributed by atoms with Crippen molar-refractivity contribution < 1.29 is 4.74 Å². The van der Waals surface area contributed by atoms with Gasteiger partial charge < -0.3 is 4.74 Å². The zero-order valence-corrected chi connectivity index (χ0v) is 13.3. The highest BCUT2D eigenvalue weighted by Gasteiger charge is 2.10. The molecule has 23 heavy (non-hydrogen) atoms. The van der Waals surface area contributed by atoms with Crippen LogP contribution in [-0.4, -0.2) is 7.11 Å². The summed E-state index contributed by atoms with van der Waals surface area (Å²) in [6.07, 6.45) is 1.84. The fourth-order valence-corrected chi connectivity index (χ4v) is 2.83. The van der Waals surface area contributed by atoms with Gasteiger partial charge in [-0.2, -0.15) is 5.26 Å². The molecule has 3 aromatic rings. The van der Waals surface area contributed by atoms with Gasteiger partial charge in [-0.3, -0.25) is 0 Å². The molecule has 3 heteroatoms. The molecule has 0 amide bonds. The predicted molar refractivity (Wildman–Crippen MR) is 95.4 cm³/mol. The van der Waals surface area contributed by atoms with E-state index in [9.17, 15) is 5.26 Å². The lowest BCUT2D eigenvalue weighted by Gasteiger charge is -2.10. The van der Waals surface area contributed by atoms with E-state index in [1.807, 2.05) is 60.7 Å². The second-order valence-corrected chi connectivity index (χ2v) is 5.46. The molecule has 0 aliphatic heterocycles.